The molecule has 0 aliphatic rings. The van der Waals surface area contributed by atoms with E-state index in [2.05, 4.69) is 14.7 Å². The normalized spacial score (nSPS) is 12.0. The van der Waals surface area contributed by atoms with Crippen molar-refractivity contribution in [2.75, 3.05) is 12.8 Å². The van der Waals surface area contributed by atoms with E-state index in [4.69, 9.17) is 16.2 Å². The Morgan fingerprint density at radius 3 is 2.37 bits per heavy atom. The number of nitrogens with one attached hydrogen (secondary N) is 1. The Labute approximate surface area is 207 Å². The molecule has 0 aliphatic heterocycles. The minimum absolute atomic E-state index is 0.0183. The SMILES string of the molecule is COc1ccc([C@@H](C(=O)NC(C)(C)C)N(Cc2cccnc2)C(=O)c2snc(C(N)=O)c2N)cc1. The first kappa shape index (κ1) is 25.6. The second kappa shape index (κ2) is 10.5. The first-order valence-electron chi connectivity index (χ1n) is 10.7. The largest absolute Gasteiger partial charge is 0.497 e. The van der Waals surface area contributed by atoms with Crippen LogP contribution in [-0.2, 0) is 11.3 Å². The van der Waals surface area contributed by atoms with Gasteiger partial charge in [-0.3, -0.25) is 19.4 Å². The van der Waals surface area contributed by atoms with Gasteiger partial charge in [0.1, 0.15) is 16.7 Å². The lowest BCUT2D eigenvalue weighted by Crippen LogP contribution is -2.49. The van der Waals surface area contributed by atoms with E-state index in [9.17, 15) is 14.4 Å². The summed E-state index contributed by atoms with van der Waals surface area (Å²) in [6, 6.07) is 9.37. The molecule has 10 nitrogen and oxygen atoms in total. The van der Waals surface area contributed by atoms with Gasteiger partial charge in [0.05, 0.1) is 12.8 Å². The van der Waals surface area contributed by atoms with Crippen LogP contribution in [0.15, 0.2) is 48.8 Å². The molecule has 0 radical (unpaired) electrons. The molecule has 2 aromatic heterocycles. The number of methoxy groups -OCH3 is 1. The number of carbonyl (C=O) groups is 3. The molecule has 0 unspecified atom stereocenters. The molecule has 0 saturated heterocycles. The highest BCUT2D eigenvalue weighted by Gasteiger charge is 2.36. The highest BCUT2D eigenvalue weighted by molar-refractivity contribution is 7.09. The molecule has 5 N–H and O–H groups in total. The Kier molecular flexibility index (Phi) is 7.70. The van der Waals surface area contributed by atoms with E-state index in [1.54, 1.807) is 55.9 Å². The maximum atomic E-state index is 13.9. The molecule has 2 heterocycles. The number of nitrogens with two attached hydrogens (primary N) is 2. The Hall–Kier alpha value is -3.99. The fourth-order valence-electron chi connectivity index (χ4n) is 3.43. The number of nitrogen functional groups attached to an aromatic ring is 1. The van der Waals surface area contributed by atoms with Crippen molar-refractivity contribution in [3.05, 3.63) is 70.5 Å². The first-order valence-corrected chi connectivity index (χ1v) is 11.5. The van der Waals surface area contributed by atoms with Crippen LogP contribution in [0.5, 0.6) is 5.75 Å². The number of hydrogen-bond donors (Lipinski definition) is 3. The third-order valence-electron chi connectivity index (χ3n) is 4.98. The quantitative estimate of drug-likeness (QED) is 0.433. The highest BCUT2D eigenvalue weighted by Crippen LogP contribution is 2.31. The van der Waals surface area contributed by atoms with Gasteiger partial charge in [-0.25, -0.2) is 0 Å². The number of benzene rings is 1. The van der Waals surface area contributed by atoms with Gasteiger partial charge in [0.15, 0.2) is 5.69 Å². The summed E-state index contributed by atoms with van der Waals surface area (Å²) < 4.78 is 9.20. The fourth-order valence-corrected chi connectivity index (χ4v) is 4.19. The number of nitrogens with zero attached hydrogens (tertiary/aromatic N) is 3. The number of anilines is 1. The van der Waals surface area contributed by atoms with Crippen molar-refractivity contribution in [1.82, 2.24) is 19.6 Å². The number of aromatic nitrogens is 2. The predicted molar refractivity (Wildman–Crippen MR) is 133 cm³/mol. The lowest BCUT2D eigenvalue weighted by atomic mass is 10.0. The third-order valence-corrected chi connectivity index (χ3v) is 5.83. The van der Waals surface area contributed by atoms with Gasteiger partial charge in [0.2, 0.25) is 5.91 Å². The number of carbonyl (C=O) groups excluding carboxylic acids is 3. The van der Waals surface area contributed by atoms with E-state index in [-0.39, 0.29) is 22.8 Å². The summed E-state index contributed by atoms with van der Waals surface area (Å²) in [5.74, 6) is -1.19. The first-order chi connectivity index (χ1) is 16.5. The van der Waals surface area contributed by atoms with Crippen molar-refractivity contribution >= 4 is 34.9 Å². The summed E-state index contributed by atoms with van der Waals surface area (Å²) >= 11 is 0.761. The van der Waals surface area contributed by atoms with Crippen LogP contribution in [0.1, 0.15) is 58.1 Å². The molecule has 3 aromatic rings. The van der Waals surface area contributed by atoms with Gasteiger partial charge in [-0.2, -0.15) is 4.37 Å². The van der Waals surface area contributed by atoms with E-state index in [0.717, 1.165) is 11.5 Å². The van der Waals surface area contributed by atoms with Gasteiger partial charge in [-0.1, -0.05) is 18.2 Å². The van der Waals surface area contributed by atoms with Crippen molar-refractivity contribution in [2.45, 2.75) is 38.9 Å². The fraction of sp³-hybridized carbons (Fsp3) is 0.292. The molecule has 0 bridgehead atoms. The smallest absolute Gasteiger partial charge is 0.270 e. The minimum atomic E-state index is -1.04. The zero-order valence-corrected chi connectivity index (χ0v) is 20.8. The van der Waals surface area contributed by atoms with Crippen LogP contribution in [0.4, 0.5) is 5.69 Å². The van der Waals surface area contributed by atoms with Gasteiger partial charge in [-0.05, 0) is 61.6 Å². The average molecular weight is 497 g/mol. The molecule has 3 rings (SSSR count). The van der Waals surface area contributed by atoms with Gasteiger partial charge in [0, 0.05) is 24.5 Å². The Balaban J connectivity index is 2.15. The molecule has 35 heavy (non-hydrogen) atoms. The maximum Gasteiger partial charge on any atom is 0.270 e. The van der Waals surface area contributed by atoms with Crippen molar-refractivity contribution in [3.8, 4) is 5.75 Å². The molecule has 0 fully saturated rings. The molecule has 11 heteroatoms. The second-order valence-electron chi connectivity index (χ2n) is 8.85. The molecule has 184 valence electrons. The number of rotatable bonds is 8. The Morgan fingerprint density at radius 2 is 1.86 bits per heavy atom. The van der Waals surface area contributed by atoms with Crippen LogP contribution in [0.2, 0.25) is 0 Å². The number of pyridine rings is 1. The number of hydrogen-bond acceptors (Lipinski definition) is 8. The topological polar surface area (TPSA) is 154 Å². The van der Waals surface area contributed by atoms with Crippen LogP contribution in [0.3, 0.4) is 0 Å². The zero-order chi connectivity index (χ0) is 25.8. The van der Waals surface area contributed by atoms with Crippen molar-refractivity contribution < 1.29 is 19.1 Å². The third kappa shape index (κ3) is 6.12. The second-order valence-corrected chi connectivity index (χ2v) is 9.62. The summed E-state index contributed by atoms with van der Waals surface area (Å²) in [7, 11) is 1.54. The summed E-state index contributed by atoms with van der Waals surface area (Å²) in [4.78, 5) is 44.7. The molecule has 3 amide bonds. The molecule has 1 aromatic carbocycles. The standard InChI is InChI=1S/C24H28N6O4S/c1-24(2,3)28-22(32)19(15-7-9-16(34-4)10-8-15)30(13-14-6-5-11-27-12-14)23(33)20-17(25)18(21(26)31)29-35-20/h5-12,19H,13,25H2,1-4H3,(H2,26,31)(H,28,32)/t19-/m0/s1. The van der Waals surface area contributed by atoms with Crippen LogP contribution in [0, 0.1) is 0 Å². The number of amides is 3. The average Bonchev–Trinajstić information content (AvgIpc) is 3.19. The van der Waals surface area contributed by atoms with Gasteiger partial charge in [0.25, 0.3) is 11.8 Å². The molecule has 1 atom stereocenters. The monoisotopic (exact) mass is 496 g/mol. The van der Waals surface area contributed by atoms with Gasteiger partial charge < -0.3 is 26.4 Å². The van der Waals surface area contributed by atoms with Crippen LogP contribution in [0.25, 0.3) is 0 Å². The Bertz CT molecular complexity index is 1210. The van der Waals surface area contributed by atoms with Crippen LogP contribution >= 0.6 is 11.5 Å². The van der Waals surface area contributed by atoms with E-state index in [1.165, 1.54) is 4.90 Å². The molecule has 0 saturated carbocycles. The maximum absolute atomic E-state index is 13.9. The lowest BCUT2D eigenvalue weighted by molar-refractivity contribution is -0.127. The molecular formula is C24H28N6O4S. The summed E-state index contributed by atoms with van der Waals surface area (Å²) in [6.07, 6.45) is 3.22. The van der Waals surface area contributed by atoms with E-state index < -0.39 is 29.3 Å². The summed E-state index contributed by atoms with van der Waals surface area (Å²) in [5.41, 5.74) is 11.8. The van der Waals surface area contributed by atoms with Crippen LogP contribution < -0.4 is 21.5 Å². The Morgan fingerprint density at radius 1 is 1.17 bits per heavy atom. The lowest BCUT2D eigenvalue weighted by Gasteiger charge is -2.33. The van der Waals surface area contributed by atoms with Crippen LogP contribution in [-0.4, -0.2) is 44.6 Å². The van der Waals surface area contributed by atoms with E-state index in [1.807, 2.05) is 20.8 Å². The molecular weight excluding hydrogens is 468 g/mol. The zero-order valence-electron chi connectivity index (χ0n) is 19.9. The summed E-state index contributed by atoms with van der Waals surface area (Å²) in [6.45, 7) is 5.60. The van der Waals surface area contributed by atoms with E-state index >= 15 is 0 Å². The molecule has 0 aliphatic carbocycles. The summed E-state index contributed by atoms with van der Waals surface area (Å²) in [5, 5.41) is 2.96. The van der Waals surface area contributed by atoms with Gasteiger partial charge in [-0.15, -0.1) is 0 Å². The van der Waals surface area contributed by atoms with Crippen molar-refractivity contribution in [2.24, 2.45) is 5.73 Å². The van der Waals surface area contributed by atoms with Gasteiger partial charge >= 0.3 is 0 Å². The number of ether oxygens (including phenoxy) is 1. The highest BCUT2D eigenvalue weighted by atomic mass is 32.1. The molecule has 0 spiro atoms. The predicted octanol–water partition coefficient (Wildman–Crippen LogP) is 2.53. The minimum Gasteiger partial charge on any atom is -0.497 e. The van der Waals surface area contributed by atoms with Crippen molar-refractivity contribution in [3.63, 3.8) is 0 Å². The van der Waals surface area contributed by atoms with Crippen molar-refractivity contribution in [1.29, 1.82) is 0 Å². The van der Waals surface area contributed by atoms with E-state index in [0.29, 0.717) is 16.9 Å². The number of primary amides is 1.